The van der Waals surface area contributed by atoms with Crippen molar-refractivity contribution >= 4 is 31.1 Å². The van der Waals surface area contributed by atoms with Gasteiger partial charge in [-0.2, -0.15) is 8.61 Å². The van der Waals surface area contributed by atoms with E-state index in [1.165, 1.54) is 25.3 Å². The smallest absolute Gasteiger partial charge is 0.408 e. The zero-order chi connectivity index (χ0) is 18.4. The molecule has 1 saturated heterocycles. The molecule has 11 heteroatoms. The van der Waals surface area contributed by atoms with Crippen molar-refractivity contribution in [1.29, 1.82) is 0 Å². The van der Waals surface area contributed by atoms with E-state index in [1.807, 2.05) is 0 Å². The van der Waals surface area contributed by atoms with E-state index in [4.69, 9.17) is 4.42 Å². The summed E-state index contributed by atoms with van der Waals surface area (Å²) in [6.07, 6.45) is 1.10. The van der Waals surface area contributed by atoms with Crippen LogP contribution in [0.5, 0.6) is 0 Å². The van der Waals surface area contributed by atoms with Gasteiger partial charge in [0.1, 0.15) is 0 Å². The molecule has 0 saturated carbocycles. The Labute approximate surface area is 145 Å². The number of aromatic nitrogens is 1. The predicted octanol–water partition coefficient (Wildman–Crippen LogP) is -0.120. The first kappa shape index (κ1) is 18.1. The van der Waals surface area contributed by atoms with Crippen LogP contribution in [0.15, 0.2) is 32.3 Å². The van der Waals surface area contributed by atoms with Gasteiger partial charge in [0.2, 0.25) is 20.0 Å². The average Bonchev–Trinajstić information content (AvgIpc) is 2.88. The van der Waals surface area contributed by atoms with Crippen LogP contribution in [0.2, 0.25) is 0 Å². The summed E-state index contributed by atoms with van der Waals surface area (Å²) in [5.74, 6) is -0.534. The molecule has 25 heavy (non-hydrogen) atoms. The summed E-state index contributed by atoms with van der Waals surface area (Å²) in [6.45, 7) is 2.59. The summed E-state index contributed by atoms with van der Waals surface area (Å²) in [4.78, 5) is 11.8. The molecule has 0 N–H and O–H groups in total. The Kier molecular flexibility index (Phi) is 4.52. The Morgan fingerprint density at radius 1 is 1.04 bits per heavy atom. The highest BCUT2D eigenvalue weighted by atomic mass is 32.2. The molecule has 0 amide bonds. The van der Waals surface area contributed by atoms with Crippen molar-refractivity contribution in [2.24, 2.45) is 0 Å². The zero-order valence-corrected chi connectivity index (χ0v) is 15.5. The molecule has 2 heterocycles. The maximum Gasteiger partial charge on any atom is 0.419 e. The monoisotopic (exact) mass is 389 g/mol. The Morgan fingerprint density at radius 3 is 2.20 bits per heavy atom. The number of oxazole rings is 1. The van der Waals surface area contributed by atoms with Gasteiger partial charge in [-0.3, -0.25) is 4.57 Å². The lowest BCUT2D eigenvalue weighted by molar-refractivity contribution is 0.274. The third-order valence-corrected chi connectivity index (χ3v) is 7.46. The van der Waals surface area contributed by atoms with Crippen LogP contribution in [0.3, 0.4) is 0 Å². The molecule has 1 aliphatic rings. The molecule has 2 aromatic rings. The van der Waals surface area contributed by atoms with E-state index < -0.39 is 25.8 Å². The summed E-state index contributed by atoms with van der Waals surface area (Å²) in [5, 5.41) is 0. The molecule has 0 aliphatic carbocycles. The van der Waals surface area contributed by atoms with Crippen molar-refractivity contribution in [3.63, 3.8) is 0 Å². The van der Waals surface area contributed by atoms with Crippen molar-refractivity contribution in [1.82, 2.24) is 13.2 Å². The second-order valence-electron chi connectivity index (χ2n) is 5.81. The highest BCUT2D eigenvalue weighted by Gasteiger charge is 2.31. The summed E-state index contributed by atoms with van der Waals surface area (Å²) >= 11 is 0. The van der Waals surface area contributed by atoms with Gasteiger partial charge >= 0.3 is 5.76 Å². The Morgan fingerprint density at radius 2 is 1.64 bits per heavy atom. The number of benzene rings is 1. The van der Waals surface area contributed by atoms with E-state index in [-0.39, 0.29) is 36.7 Å². The quantitative estimate of drug-likeness (QED) is 0.721. The third kappa shape index (κ3) is 3.24. The van der Waals surface area contributed by atoms with E-state index in [9.17, 15) is 21.6 Å². The van der Waals surface area contributed by atoms with Crippen molar-refractivity contribution in [3.8, 4) is 0 Å². The zero-order valence-electron chi connectivity index (χ0n) is 13.9. The Balaban J connectivity index is 1.91. The van der Waals surface area contributed by atoms with Gasteiger partial charge in [0.05, 0.1) is 16.7 Å². The lowest BCUT2D eigenvalue weighted by atomic mass is 10.3. The molecule has 9 nitrogen and oxygen atoms in total. The summed E-state index contributed by atoms with van der Waals surface area (Å²) in [5.41, 5.74) is 0.746. The van der Waals surface area contributed by atoms with Gasteiger partial charge in [-0.1, -0.05) is 0 Å². The number of nitrogens with zero attached hydrogens (tertiary/aromatic N) is 3. The maximum atomic E-state index is 12.8. The maximum absolute atomic E-state index is 12.8. The Hall–Kier alpha value is -1.69. The molecule has 0 spiro atoms. The molecule has 1 aliphatic heterocycles. The highest BCUT2D eigenvalue weighted by Crippen LogP contribution is 2.23. The first-order valence-electron chi connectivity index (χ1n) is 7.73. The summed E-state index contributed by atoms with van der Waals surface area (Å²) < 4.78 is 57.6. The molecule has 1 aromatic carbocycles. The highest BCUT2D eigenvalue weighted by molar-refractivity contribution is 7.89. The molecule has 0 unspecified atom stereocenters. The minimum absolute atomic E-state index is 0.0183. The van der Waals surface area contributed by atoms with Gasteiger partial charge in [-0.05, 0) is 19.1 Å². The van der Waals surface area contributed by atoms with Crippen molar-refractivity contribution in [2.45, 2.75) is 18.4 Å². The van der Waals surface area contributed by atoms with E-state index >= 15 is 0 Å². The second kappa shape index (κ2) is 6.24. The van der Waals surface area contributed by atoms with E-state index in [0.29, 0.717) is 12.1 Å². The average molecular weight is 389 g/mol. The molecule has 1 aromatic heterocycles. The molecule has 0 atom stereocenters. The van der Waals surface area contributed by atoms with Crippen molar-refractivity contribution in [3.05, 3.63) is 28.7 Å². The fraction of sp³-hybridized carbons (Fsp3) is 0.500. The minimum atomic E-state index is -3.79. The molecule has 3 rings (SSSR count). The van der Waals surface area contributed by atoms with Crippen LogP contribution < -0.4 is 5.76 Å². The number of hydrogen-bond donors (Lipinski definition) is 0. The first-order valence-corrected chi connectivity index (χ1v) is 11.0. The lowest BCUT2D eigenvalue weighted by Gasteiger charge is -2.32. The van der Waals surface area contributed by atoms with Gasteiger partial charge in [0.25, 0.3) is 0 Å². The standard InChI is InChI=1S/C14H19N3O6S2/c1-3-17-12-5-4-11(10-13(12)23-14(17)18)25(21,22)16-8-6-15(7-9-16)24(2,19)20/h4-5,10H,3,6-9H2,1-2H3. The number of rotatable bonds is 4. The fourth-order valence-electron chi connectivity index (χ4n) is 2.90. The lowest BCUT2D eigenvalue weighted by Crippen LogP contribution is -2.50. The topological polar surface area (TPSA) is 110 Å². The van der Waals surface area contributed by atoms with E-state index in [0.717, 1.165) is 6.26 Å². The summed E-state index contributed by atoms with van der Waals surface area (Å²) in [7, 11) is -7.13. The van der Waals surface area contributed by atoms with Crippen LogP contribution in [-0.2, 0) is 26.6 Å². The largest absolute Gasteiger partial charge is 0.419 e. The molecule has 138 valence electrons. The van der Waals surface area contributed by atoms with Crippen LogP contribution in [0.1, 0.15) is 6.92 Å². The number of hydrogen-bond acceptors (Lipinski definition) is 6. The van der Waals surface area contributed by atoms with Gasteiger partial charge < -0.3 is 4.42 Å². The van der Waals surface area contributed by atoms with Gasteiger partial charge in [-0.25, -0.2) is 21.6 Å². The minimum Gasteiger partial charge on any atom is -0.408 e. The normalized spacial score (nSPS) is 18.0. The molecular formula is C14H19N3O6S2. The number of sulfonamides is 2. The fourth-order valence-corrected chi connectivity index (χ4v) is 5.16. The Bertz CT molecular complexity index is 1060. The SMILES string of the molecule is CCn1c(=O)oc2cc(S(=O)(=O)N3CCN(S(C)(=O)=O)CC3)ccc21. The van der Waals surface area contributed by atoms with Crippen molar-refractivity contribution < 1.29 is 21.3 Å². The number of aryl methyl sites for hydroxylation is 1. The number of fused-ring (bicyclic) bond motifs is 1. The number of piperazine rings is 1. The second-order valence-corrected chi connectivity index (χ2v) is 9.73. The van der Waals surface area contributed by atoms with Crippen LogP contribution in [0.4, 0.5) is 0 Å². The summed E-state index contributed by atoms with van der Waals surface area (Å²) in [6, 6.07) is 4.31. The van der Waals surface area contributed by atoms with Crippen LogP contribution >= 0.6 is 0 Å². The van der Waals surface area contributed by atoms with E-state index in [2.05, 4.69) is 0 Å². The van der Waals surface area contributed by atoms with Crippen LogP contribution in [0, 0.1) is 0 Å². The molecule has 0 radical (unpaired) electrons. The first-order chi connectivity index (χ1) is 11.6. The molecule has 1 fully saturated rings. The van der Waals surface area contributed by atoms with Crippen LogP contribution in [0.25, 0.3) is 11.1 Å². The molecular weight excluding hydrogens is 370 g/mol. The molecule has 0 bridgehead atoms. The van der Waals surface area contributed by atoms with Gasteiger partial charge in [-0.15, -0.1) is 0 Å². The van der Waals surface area contributed by atoms with Crippen molar-refractivity contribution in [2.75, 3.05) is 32.4 Å². The van der Waals surface area contributed by atoms with Gasteiger partial charge in [0, 0.05) is 38.8 Å². The predicted molar refractivity (Wildman–Crippen MR) is 91.3 cm³/mol. The van der Waals surface area contributed by atoms with Crippen LogP contribution in [-0.4, -0.2) is 62.4 Å². The van der Waals surface area contributed by atoms with E-state index in [1.54, 1.807) is 13.0 Å². The van der Waals surface area contributed by atoms with Gasteiger partial charge in [0.15, 0.2) is 5.58 Å². The third-order valence-electron chi connectivity index (χ3n) is 4.26.